The summed E-state index contributed by atoms with van der Waals surface area (Å²) in [5.41, 5.74) is 0.112. The number of hydrogen-bond donors (Lipinski definition) is 3. The van der Waals surface area contributed by atoms with Crippen LogP contribution in [0.1, 0.15) is 18.7 Å². The summed E-state index contributed by atoms with van der Waals surface area (Å²) < 4.78 is 13.1. The molecule has 172 valence electrons. The van der Waals surface area contributed by atoms with E-state index in [1.165, 1.54) is 12.1 Å². The molecule has 3 rings (SSSR count). The first-order valence-corrected chi connectivity index (χ1v) is 11.4. The van der Waals surface area contributed by atoms with Crippen molar-refractivity contribution in [2.45, 2.75) is 19.4 Å². The Bertz CT molecular complexity index is 793. The van der Waals surface area contributed by atoms with Gasteiger partial charge in [0.05, 0.1) is 6.54 Å². The summed E-state index contributed by atoms with van der Waals surface area (Å²) in [7, 11) is 0. The minimum absolute atomic E-state index is 0. The highest BCUT2D eigenvalue weighted by Gasteiger charge is 2.24. The Hall–Kier alpha value is -1.43. The van der Waals surface area contributed by atoms with Gasteiger partial charge in [-0.2, -0.15) is 0 Å². The molecule has 2 aromatic rings. The molecule has 9 heteroatoms. The number of thiophene rings is 1. The van der Waals surface area contributed by atoms with E-state index in [2.05, 4.69) is 25.4 Å². The van der Waals surface area contributed by atoms with E-state index in [1.807, 2.05) is 36.6 Å². The van der Waals surface area contributed by atoms with Gasteiger partial charge in [-0.05, 0) is 49.6 Å². The lowest BCUT2D eigenvalue weighted by Gasteiger charge is -2.36. The highest BCUT2D eigenvalue weighted by atomic mass is 127. The third-order valence-corrected chi connectivity index (χ3v) is 6.35. The second kappa shape index (κ2) is 12.6. The van der Waals surface area contributed by atoms with Crippen LogP contribution in [0.15, 0.2) is 46.8 Å². The van der Waals surface area contributed by atoms with Gasteiger partial charge in [0.15, 0.2) is 5.96 Å². The molecule has 0 spiro atoms. The molecular weight excluding hydrogens is 528 g/mol. The third kappa shape index (κ3) is 7.89. The fourth-order valence-corrected chi connectivity index (χ4v) is 4.23. The summed E-state index contributed by atoms with van der Waals surface area (Å²) in [5, 5.41) is 19.2. The Morgan fingerprint density at radius 3 is 2.48 bits per heavy atom. The van der Waals surface area contributed by atoms with E-state index in [1.54, 1.807) is 18.3 Å². The lowest BCUT2D eigenvalue weighted by Crippen LogP contribution is -2.49. The van der Waals surface area contributed by atoms with Crippen LogP contribution < -0.4 is 15.5 Å². The Kier molecular flexibility index (Phi) is 10.5. The van der Waals surface area contributed by atoms with Crippen LogP contribution in [0.3, 0.4) is 0 Å². The van der Waals surface area contributed by atoms with Crippen LogP contribution in [0.5, 0.6) is 0 Å². The van der Waals surface area contributed by atoms with Crippen molar-refractivity contribution in [2.75, 3.05) is 57.3 Å². The number of anilines is 1. The molecule has 1 unspecified atom stereocenters. The smallest absolute Gasteiger partial charge is 0.191 e. The summed E-state index contributed by atoms with van der Waals surface area (Å²) in [6.45, 7) is 10.4. The van der Waals surface area contributed by atoms with Crippen LogP contribution in [-0.2, 0) is 5.60 Å². The molecular formula is C22H33FIN5OS. The number of piperazine rings is 1. The van der Waals surface area contributed by atoms with Gasteiger partial charge in [-0.1, -0.05) is 6.07 Å². The number of aliphatic hydroxyl groups is 1. The van der Waals surface area contributed by atoms with Gasteiger partial charge in [0.1, 0.15) is 11.4 Å². The van der Waals surface area contributed by atoms with Crippen LogP contribution in [-0.4, -0.2) is 68.3 Å². The number of nitrogens with zero attached hydrogens (tertiary/aromatic N) is 3. The zero-order chi connectivity index (χ0) is 21.4. The summed E-state index contributed by atoms with van der Waals surface area (Å²) in [6.07, 6.45) is 0. The maximum Gasteiger partial charge on any atom is 0.191 e. The van der Waals surface area contributed by atoms with Crippen molar-refractivity contribution in [2.24, 2.45) is 4.99 Å². The van der Waals surface area contributed by atoms with Crippen molar-refractivity contribution in [3.05, 3.63) is 52.5 Å². The normalized spacial score (nSPS) is 17.0. The highest BCUT2D eigenvalue weighted by Crippen LogP contribution is 2.25. The molecule has 0 aliphatic carbocycles. The maximum atomic E-state index is 13.1. The first-order chi connectivity index (χ1) is 14.5. The zero-order valence-corrected chi connectivity index (χ0v) is 21.3. The van der Waals surface area contributed by atoms with Gasteiger partial charge in [0.2, 0.25) is 0 Å². The van der Waals surface area contributed by atoms with Crippen molar-refractivity contribution in [1.29, 1.82) is 0 Å². The maximum absolute atomic E-state index is 13.1. The van der Waals surface area contributed by atoms with Gasteiger partial charge in [-0.3, -0.25) is 4.90 Å². The number of rotatable bonds is 8. The van der Waals surface area contributed by atoms with E-state index in [0.29, 0.717) is 6.54 Å². The Labute approximate surface area is 205 Å². The molecule has 1 aromatic carbocycles. The van der Waals surface area contributed by atoms with Gasteiger partial charge in [-0.15, -0.1) is 35.3 Å². The summed E-state index contributed by atoms with van der Waals surface area (Å²) in [6, 6.07) is 10.6. The molecule has 1 atom stereocenters. The predicted octanol–water partition coefficient (Wildman–Crippen LogP) is 3.09. The number of aliphatic imine (C=N–C) groups is 1. The average molecular weight is 562 g/mol. The monoisotopic (exact) mass is 561 g/mol. The lowest BCUT2D eigenvalue weighted by atomic mass is 10.1. The molecule has 1 aromatic heterocycles. The van der Waals surface area contributed by atoms with Crippen LogP contribution in [0, 0.1) is 5.82 Å². The molecule has 2 heterocycles. The van der Waals surface area contributed by atoms with E-state index in [0.717, 1.165) is 62.3 Å². The van der Waals surface area contributed by atoms with E-state index < -0.39 is 5.60 Å². The second-order valence-corrected chi connectivity index (χ2v) is 8.63. The van der Waals surface area contributed by atoms with Crippen molar-refractivity contribution in [3.8, 4) is 0 Å². The first kappa shape index (κ1) is 25.8. The molecule has 0 saturated carbocycles. The minimum atomic E-state index is -0.965. The number of guanidine groups is 1. The second-order valence-electron chi connectivity index (χ2n) is 7.68. The van der Waals surface area contributed by atoms with Gasteiger partial charge >= 0.3 is 0 Å². The standard InChI is InChI=1S/C22H32FN5OS.HI/c1-3-24-21(26-17-22(2,29)20-5-4-16-30-20)25-10-11-27-12-14-28(15-13-27)19-8-6-18(23)7-9-19;/h4-9,16,29H,3,10-15,17H2,1-2H3,(H2,24,25,26);1H. The van der Waals surface area contributed by atoms with E-state index in [-0.39, 0.29) is 29.8 Å². The van der Waals surface area contributed by atoms with Crippen molar-refractivity contribution < 1.29 is 9.50 Å². The van der Waals surface area contributed by atoms with Gasteiger partial charge in [0, 0.05) is 56.4 Å². The number of benzene rings is 1. The molecule has 1 aliphatic heterocycles. The Balaban J connectivity index is 0.00000341. The SMILES string of the molecule is CCNC(=NCC(C)(O)c1cccs1)NCCN1CCN(c2ccc(F)cc2)CC1.I. The molecule has 6 nitrogen and oxygen atoms in total. The van der Waals surface area contributed by atoms with Crippen molar-refractivity contribution in [3.63, 3.8) is 0 Å². The van der Waals surface area contributed by atoms with Crippen molar-refractivity contribution >= 4 is 47.0 Å². The van der Waals surface area contributed by atoms with Crippen LogP contribution in [0.4, 0.5) is 10.1 Å². The van der Waals surface area contributed by atoms with Crippen LogP contribution in [0.25, 0.3) is 0 Å². The van der Waals surface area contributed by atoms with Crippen LogP contribution in [0.2, 0.25) is 0 Å². The van der Waals surface area contributed by atoms with Gasteiger partial charge in [-0.25, -0.2) is 9.38 Å². The average Bonchev–Trinajstić information content (AvgIpc) is 3.29. The lowest BCUT2D eigenvalue weighted by molar-refractivity contribution is 0.0711. The summed E-state index contributed by atoms with van der Waals surface area (Å²) in [4.78, 5) is 10.2. The molecule has 31 heavy (non-hydrogen) atoms. The molecule has 1 saturated heterocycles. The molecule has 3 N–H and O–H groups in total. The first-order valence-electron chi connectivity index (χ1n) is 10.5. The fourth-order valence-electron chi connectivity index (χ4n) is 3.45. The quantitative estimate of drug-likeness (QED) is 0.263. The molecule has 0 amide bonds. The molecule has 0 radical (unpaired) electrons. The van der Waals surface area contributed by atoms with E-state index >= 15 is 0 Å². The summed E-state index contributed by atoms with van der Waals surface area (Å²) >= 11 is 1.54. The summed E-state index contributed by atoms with van der Waals surface area (Å²) in [5.74, 6) is 0.526. The molecule has 1 aliphatic rings. The Morgan fingerprint density at radius 2 is 1.87 bits per heavy atom. The number of nitrogens with one attached hydrogen (secondary N) is 2. The van der Waals surface area contributed by atoms with Crippen LogP contribution >= 0.6 is 35.3 Å². The van der Waals surface area contributed by atoms with Gasteiger partial charge < -0.3 is 20.6 Å². The molecule has 1 fully saturated rings. The predicted molar refractivity (Wildman–Crippen MR) is 138 cm³/mol. The minimum Gasteiger partial charge on any atom is -0.383 e. The largest absolute Gasteiger partial charge is 0.383 e. The Morgan fingerprint density at radius 1 is 1.16 bits per heavy atom. The van der Waals surface area contributed by atoms with Gasteiger partial charge in [0.25, 0.3) is 0 Å². The zero-order valence-electron chi connectivity index (χ0n) is 18.2. The van der Waals surface area contributed by atoms with E-state index in [4.69, 9.17) is 0 Å². The van der Waals surface area contributed by atoms with Crippen molar-refractivity contribution in [1.82, 2.24) is 15.5 Å². The topological polar surface area (TPSA) is 63.1 Å². The highest BCUT2D eigenvalue weighted by molar-refractivity contribution is 14.0. The van der Waals surface area contributed by atoms with E-state index in [9.17, 15) is 9.50 Å². The number of halogens is 2. The number of hydrogen-bond acceptors (Lipinski definition) is 5. The molecule has 0 bridgehead atoms. The fraction of sp³-hybridized carbons (Fsp3) is 0.500. The third-order valence-electron chi connectivity index (χ3n) is 5.23.